The predicted molar refractivity (Wildman–Crippen MR) is 138 cm³/mol. The summed E-state index contributed by atoms with van der Waals surface area (Å²) >= 11 is 0. The van der Waals surface area contributed by atoms with Gasteiger partial charge in [-0.2, -0.15) is 0 Å². The largest absolute Gasteiger partial charge is 0.493 e. The first-order chi connectivity index (χ1) is 17.9. The fourth-order valence-electron chi connectivity index (χ4n) is 3.87. The quantitative estimate of drug-likeness (QED) is 0.383. The molecule has 1 aliphatic heterocycles. The molecule has 1 heterocycles. The predicted octanol–water partition coefficient (Wildman–Crippen LogP) is 5.40. The molecule has 1 aliphatic rings. The number of hydrogen-bond donors (Lipinski definition) is 2. The SMILES string of the molecule is CC1=C(CCOc2ccc(CN(CC(=O)O)C(=O)Oc3ccc(C)cc3)cc2)NC(c2ccccc2)O1. The normalized spacial score (nSPS) is 14.5. The highest BCUT2D eigenvalue weighted by molar-refractivity contribution is 5.78. The van der Waals surface area contributed by atoms with E-state index in [1.807, 2.05) is 56.3 Å². The summed E-state index contributed by atoms with van der Waals surface area (Å²) in [4.78, 5) is 25.1. The number of carbonyl (C=O) groups is 2. The maximum Gasteiger partial charge on any atom is 0.416 e. The fourth-order valence-corrected chi connectivity index (χ4v) is 3.87. The molecule has 8 heteroatoms. The number of aryl methyl sites for hydroxylation is 1. The van der Waals surface area contributed by atoms with Crippen molar-refractivity contribution in [2.24, 2.45) is 0 Å². The molecular formula is C29H30N2O6. The molecular weight excluding hydrogens is 472 g/mol. The van der Waals surface area contributed by atoms with E-state index in [2.05, 4.69) is 5.32 Å². The first kappa shape index (κ1) is 25.6. The number of hydrogen-bond acceptors (Lipinski definition) is 6. The average Bonchev–Trinajstić information content (AvgIpc) is 3.26. The summed E-state index contributed by atoms with van der Waals surface area (Å²) in [5, 5.41) is 12.7. The lowest BCUT2D eigenvalue weighted by Crippen LogP contribution is -2.37. The molecule has 0 saturated carbocycles. The van der Waals surface area contributed by atoms with Crippen molar-refractivity contribution in [3.8, 4) is 11.5 Å². The van der Waals surface area contributed by atoms with Gasteiger partial charge in [-0.3, -0.25) is 9.69 Å². The van der Waals surface area contributed by atoms with Gasteiger partial charge in [0.2, 0.25) is 0 Å². The van der Waals surface area contributed by atoms with Gasteiger partial charge in [-0.25, -0.2) is 4.79 Å². The van der Waals surface area contributed by atoms with Crippen molar-refractivity contribution < 1.29 is 28.9 Å². The lowest BCUT2D eigenvalue weighted by molar-refractivity contribution is -0.138. The Bertz CT molecular complexity index is 1240. The van der Waals surface area contributed by atoms with E-state index in [0.717, 1.165) is 33.0 Å². The Morgan fingerprint density at radius 2 is 1.62 bits per heavy atom. The summed E-state index contributed by atoms with van der Waals surface area (Å²) in [6.45, 7) is 3.93. The van der Waals surface area contributed by atoms with Gasteiger partial charge in [-0.1, -0.05) is 60.2 Å². The Hall–Kier alpha value is -4.46. The number of aliphatic carboxylic acids is 1. The molecule has 0 spiro atoms. The van der Waals surface area contributed by atoms with Gasteiger partial charge in [0.15, 0.2) is 6.23 Å². The number of carboxylic acid groups (broad SMARTS) is 1. The third kappa shape index (κ3) is 7.27. The first-order valence-corrected chi connectivity index (χ1v) is 12.0. The number of nitrogens with one attached hydrogen (secondary N) is 1. The topological polar surface area (TPSA) is 97.3 Å². The fraction of sp³-hybridized carbons (Fsp3) is 0.241. The second kappa shape index (κ2) is 12.0. The molecule has 1 atom stereocenters. The van der Waals surface area contributed by atoms with Crippen molar-refractivity contribution in [3.63, 3.8) is 0 Å². The number of nitrogens with zero attached hydrogens (tertiary/aromatic N) is 1. The zero-order chi connectivity index (χ0) is 26.2. The molecule has 0 saturated heterocycles. The molecule has 0 bridgehead atoms. The number of ether oxygens (including phenoxy) is 3. The highest BCUT2D eigenvalue weighted by Gasteiger charge is 2.23. The minimum Gasteiger partial charge on any atom is -0.493 e. The van der Waals surface area contributed by atoms with E-state index in [1.165, 1.54) is 0 Å². The molecule has 3 aromatic carbocycles. The molecule has 3 aromatic rings. The Morgan fingerprint density at radius 3 is 2.30 bits per heavy atom. The van der Waals surface area contributed by atoms with Gasteiger partial charge in [0.25, 0.3) is 0 Å². The molecule has 1 unspecified atom stereocenters. The van der Waals surface area contributed by atoms with Gasteiger partial charge < -0.3 is 24.6 Å². The number of carboxylic acids is 1. The van der Waals surface area contributed by atoms with Crippen molar-refractivity contribution in [1.82, 2.24) is 10.2 Å². The van der Waals surface area contributed by atoms with Gasteiger partial charge in [0.05, 0.1) is 12.3 Å². The van der Waals surface area contributed by atoms with Gasteiger partial charge in [0.1, 0.15) is 23.8 Å². The zero-order valence-corrected chi connectivity index (χ0v) is 20.8. The lowest BCUT2D eigenvalue weighted by atomic mass is 10.2. The van der Waals surface area contributed by atoms with E-state index in [0.29, 0.717) is 24.5 Å². The van der Waals surface area contributed by atoms with Crippen molar-refractivity contribution in [2.45, 2.75) is 33.0 Å². The summed E-state index contributed by atoms with van der Waals surface area (Å²) in [6, 6.07) is 24.1. The van der Waals surface area contributed by atoms with E-state index in [-0.39, 0.29) is 12.8 Å². The van der Waals surface area contributed by atoms with Crippen molar-refractivity contribution in [3.05, 3.63) is 107 Å². The molecule has 0 radical (unpaired) electrons. The Morgan fingerprint density at radius 1 is 0.946 bits per heavy atom. The lowest BCUT2D eigenvalue weighted by Gasteiger charge is -2.20. The number of amides is 1. The summed E-state index contributed by atoms with van der Waals surface area (Å²) in [6.07, 6.45) is -0.258. The molecule has 0 aliphatic carbocycles. The van der Waals surface area contributed by atoms with Crippen LogP contribution in [-0.2, 0) is 16.1 Å². The highest BCUT2D eigenvalue weighted by atomic mass is 16.6. The second-order valence-electron chi connectivity index (χ2n) is 8.76. The number of carbonyl (C=O) groups excluding carboxylic acids is 1. The maximum absolute atomic E-state index is 12.6. The second-order valence-corrected chi connectivity index (χ2v) is 8.76. The number of rotatable bonds is 10. The summed E-state index contributed by atoms with van der Waals surface area (Å²) in [5.74, 6) is 0.762. The van der Waals surface area contributed by atoms with Gasteiger partial charge in [-0.15, -0.1) is 0 Å². The molecule has 37 heavy (non-hydrogen) atoms. The molecule has 0 fully saturated rings. The monoisotopic (exact) mass is 502 g/mol. The summed E-state index contributed by atoms with van der Waals surface area (Å²) < 4.78 is 17.2. The molecule has 1 amide bonds. The zero-order valence-electron chi connectivity index (χ0n) is 20.8. The van der Waals surface area contributed by atoms with E-state index in [4.69, 9.17) is 14.2 Å². The Kier molecular flexibility index (Phi) is 8.30. The average molecular weight is 503 g/mol. The molecule has 4 rings (SSSR count). The third-order valence-electron chi connectivity index (χ3n) is 5.86. The van der Waals surface area contributed by atoms with E-state index in [9.17, 15) is 14.7 Å². The first-order valence-electron chi connectivity index (χ1n) is 12.0. The van der Waals surface area contributed by atoms with Crippen LogP contribution in [0.1, 0.15) is 36.3 Å². The van der Waals surface area contributed by atoms with Crippen LogP contribution in [0, 0.1) is 6.92 Å². The van der Waals surface area contributed by atoms with Crippen LogP contribution in [0.3, 0.4) is 0 Å². The molecule has 192 valence electrons. The van der Waals surface area contributed by atoms with Crippen LogP contribution in [-0.4, -0.2) is 35.2 Å². The molecule has 0 aromatic heterocycles. The number of allylic oxidation sites excluding steroid dienone is 1. The van der Waals surface area contributed by atoms with Crippen LogP contribution >= 0.6 is 0 Å². The van der Waals surface area contributed by atoms with Crippen LogP contribution in [0.5, 0.6) is 11.5 Å². The highest BCUT2D eigenvalue weighted by Crippen LogP contribution is 2.28. The van der Waals surface area contributed by atoms with Crippen LogP contribution in [0.2, 0.25) is 0 Å². The molecule has 2 N–H and O–H groups in total. The number of benzene rings is 3. The van der Waals surface area contributed by atoms with Gasteiger partial charge >= 0.3 is 12.1 Å². The third-order valence-corrected chi connectivity index (χ3v) is 5.86. The summed E-state index contributed by atoms with van der Waals surface area (Å²) in [5.41, 5.74) is 3.85. The van der Waals surface area contributed by atoms with Crippen LogP contribution in [0.25, 0.3) is 0 Å². The smallest absolute Gasteiger partial charge is 0.416 e. The Labute approximate surface area is 216 Å². The standard InChI is InChI=1S/C29H30N2O6/c1-20-8-12-25(13-9-20)37-29(34)31(19-27(32)33)18-22-10-14-24(15-11-22)35-17-16-26-21(2)36-28(30-26)23-6-4-3-5-7-23/h3-15,28,30H,16-19H2,1-2H3,(H,32,33). The van der Waals surface area contributed by atoms with E-state index in [1.54, 1.807) is 36.4 Å². The van der Waals surface area contributed by atoms with Crippen molar-refractivity contribution in [1.29, 1.82) is 0 Å². The van der Waals surface area contributed by atoms with Crippen molar-refractivity contribution in [2.75, 3.05) is 13.2 Å². The van der Waals surface area contributed by atoms with E-state index >= 15 is 0 Å². The van der Waals surface area contributed by atoms with Crippen LogP contribution in [0.15, 0.2) is 90.3 Å². The van der Waals surface area contributed by atoms with Crippen LogP contribution in [0.4, 0.5) is 4.79 Å². The Balaban J connectivity index is 1.28. The van der Waals surface area contributed by atoms with Gasteiger partial charge in [-0.05, 0) is 43.7 Å². The molecule has 8 nitrogen and oxygen atoms in total. The van der Waals surface area contributed by atoms with Gasteiger partial charge in [0, 0.05) is 18.5 Å². The van der Waals surface area contributed by atoms with Crippen LogP contribution < -0.4 is 14.8 Å². The van der Waals surface area contributed by atoms with Crippen molar-refractivity contribution >= 4 is 12.1 Å². The minimum absolute atomic E-state index is 0.0888. The van der Waals surface area contributed by atoms with E-state index < -0.39 is 18.6 Å². The summed E-state index contributed by atoms with van der Waals surface area (Å²) in [7, 11) is 0. The maximum atomic E-state index is 12.6. The minimum atomic E-state index is -1.12.